The molecule has 3 aromatic rings. The number of nitrogens with zero attached hydrogens (tertiary/aromatic N) is 4. The predicted octanol–water partition coefficient (Wildman–Crippen LogP) is 3.64. The average molecular weight is 307 g/mol. The lowest BCUT2D eigenvalue weighted by atomic mass is 10.1. The molecule has 0 bridgehead atoms. The molecule has 6 heteroatoms. The normalized spacial score (nSPS) is 11.2. The Bertz CT molecular complexity index is 795. The Balaban J connectivity index is 2.12. The van der Waals surface area contributed by atoms with Crippen molar-refractivity contribution in [2.45, 2.75) is 20.3 Å². The number of rotatable bonds is 2. The van der Waals surface area contributed by atoms with Crippen molar-refractivity contribution in [1.29, 1.82) is 0 Å². The molecule has 0 fully saturated rings. The van der Waals surface area contributed by atoms with Crippen LogP contribution < -0.4 is 0 Å². The molecule has 2 heterocycles. The van der Waals surface area contributed by atoms with Gasteiger partial charge in [-0.3, -0.25) is 0 Å². The summed E-state index contributed by atoms with van der Waals surface area (Å²) in [6.07, 6.45) is 0.562. The standard InChI is InChI=1S/C14H12Cl2N4/c1-8-9(2)14-18-17-12(20(14)19-13(8)16)7-10-5-3-4-6-11(10)15/h3-6H,7H2,1-2H3. The third-order valence-corrected chi connectivity index (χ3v) is 4.13. The lowest BCUT2D eigenvalue weighted by molar-refractivity contribution is 0.831. The molecule has 0 aliphatic rings. The molecule has 2 aromatic heterocycles. The molecule has 0 atom stereocenters. The van der Waals surface area contributed by atoms with Gasteiger partial charge in [0.1, 0.15) is 0 Å². The first kappa shape index (κ1) is 13.3. The first-order chi connectivity index (χ1) is 9.58. The highest BCUT2D eigenvalue weighted by Gasteiger charge is 2.14. The molecule has 0 aliphatic carbocycles. The van der Waals surface area contributed by atoms with Gasteiger partial charge in [-0.2, -0.15) is 9.61 Å². The van der Waals surface area contributed by atoms with Crippen LogP contribution in [0.25, 0.3) is 5.65 Å². The highest BCUT2D eigenvalue weighted by molar-refractivity contribution is 6.31. The van der Waals surface area contributed by atoms with Crippen molar-refractivity contribution in [3.63, 3.8) is 0 Å². The zero-order chi connectivity index (χ0) is 14.3. The Morgan fingerprint density at radius 3 is 2.55 bits per heavy atom. The summed E-state index contributed by atoms with van der Waals surface area (Å²) in [7, 11) is 0. The van der Waals surface area contributed by atoms with Crippen LogP contribution in [0.5, 0.6) is 0 Å². The first-order valence-electron chi connectivity index (χ1n) is 6.18. The summed E-state index contributed by atoms with van der Waals surface area (Å²) >= 11 is 12.3. The van der Waals surface area contributed by atoms with Crippen LogP contribution in [0.4, 0.5) is 0 Å². The molecular weight excluding hydrogens is 295 g/mol. The van der Waals surface area contributed by atoms with Gasteiger partial charge in [-0.05, 0) is 31.0 Å². The lowest BCUT2D eigenvalue weighted by Crippen LogP contribution is -2.03. The maximum Gasteiger partial charge on any atom is 0.181 e. The van der Waals surface area contributed by atoms with Crippen LogP contribution in [0.1, 0.15) is 22.5 Å². The van der Waals surface area contributed by atoms with Gasteiger partial charge in [0, 0.05) is 17.0 Å². The summed E-state index contributed by atoms with van der Waals surface area (Å²) in [5.74, 6) is 0.720. The Labute approximate surface area is 126 Å². The first-order valence-corrected chi connectivity index (χ1v) is 6.94. The zero-order valence-corrected chi connectivity index (χ0v) is 12.6. The fourth-order valence-corrected chi connectivity index (χ4v) is 2.48. The van der Waals surface area contributed by atoms with Gasteiger partial charge in [0.05, 0.1) is 0 Å². The van der Waals surface area contributed by atoms with Crippen molar-refractivity contribution in [3.05, 3.63) is 57.0 Å². The van der Waals surface area contributed by atoms with E-state index in [9.17, 15) is 0 Å². The minimum absolute atomic E-state index is 0.468. The SMILES string of the molecule is Cc1c(Cl)nn2c(Cc3ccccc3Cl)nnc2c1C. The van der Waals surface area contributed by atoms with E-state index < -0.39 is 0 Å². The monoisotopic (exact) mass is 306 g/mol. The highest BCUT2D eigenvalue weighted by Crippen LogP contribution is 2.22. The van der Waals surface area contributed by atoms with Crippen molar-refractivity contribution in [2.75, 3.05) is 0 Å². The number of hydrogen-bond acceptors (Lipinski definition) is 3. The second-order valence-corrected chi connectivity index (χ2v) is 5.43. The smallest absolute Gasteiger partial charge is 0.181 e. The van der Waals surface area contributed by atoms with E-state index in [1.807, 2.05) is 38.1 Å². The van der Waals surface area contributed by atoms with Crippen molar-refractivity contribution in [3.8, 4) is 0 Å². The Morgan fingerprint density at radius 2 is 1.80 bits per heavy atom. The number of halogens is 2. The minimum atomic E-state index is 0.468. The topological polar surface area (TPSA) is 43.1 Å². The van der Waals surface area contributed by atoms with Crippen molar-refractivity contribution in [1.82, 2.24) is 19.8 Å². The quantitative estimate of drug-likeness (QED) is 0.726. The van der Waals surface area contributed by atoms with Gasteiger partial charge < -0.3 is 0 Å². The van der Waals surface area contributed by atoms with E-state index in [0.29, 0.717) is 16.6 Å². The van der Waals surface area contributed by atoms with Crippen LogP contribution >= 0.6 is 23.2 Å². The van der Waals surface area contributed by atoms with Crippen LogP contribution in [0.15, 0.2) is 24.3 Å². The molecule has 4 nitrogen and oxygen atoms in total. The molecule has 0 unspecified atom stereocenters. The summed E-state index contributed by atoms with van der Waals surface area (Å²) in [6.45, 7) is 3.89. The van der Waals surface area contributed by atoms with Crippen molar-refractivity contribution >= 4 is 28.8 Å². The Kier molecular flexibility index (Phi) is 3.36. The molecule has 0 saturated heterocycles. The van der Waals surface area contributed by atoms with Gasteiger partial charge >= 0.3 is 0 Å². The van der Waals surface area contributed by atoms with E-state index in [-0.39, 0.29) is 0 Å². The third kappa shape index (κ3) is 2.15. The van der Waals surface area contributed by atoms with Crippen LogP contribution in [0.2, 0.25) is 10.2 Å². The maximum atomic E-state index is 6.18. The van der Waals surface area contributed by atoms with Gasteiger partial charge in [-0.25, -0.2) is 0 Å². The predicted molar refractivity (Wildman–Crippen MR) is 79.5 cm³/mol. The average Bonchev–Trinajstić information content (AvgIpc) is 2.82. The van der Waals surface area contributed by atoms with Crippen LogP contribution in [-0.2, 0) is 6.42 Å². The van der Waals surface area contributed by atoms with E-state index in [0.717, 1.165) is 28.2 Å². The number of fused-ring (bicyclic) bond motifs is 1. The van der Waals surface area contributed by atoms with Gasteiger partial charge in [0.15, 0.2) is 16.6 Å². The van der Waals surface area contributed by atoms with E-state index >= 15 is 0 Å². The van der Waals surface area contributed by atoms with Crippen LogP contribution in [0, 0.1) is 13.8 Å². The Hall–Kier alpha value is -1.65. The Morgan fingerprint density at radius 1 is 1.05 bits per heavy atom. The van der Waals surface area contributed by atoms with E-state index in [1.54, 1.807) is 4.52 Å². The summed E-state index contributed by atoms with van der Waals surface area (Å²) in [6, 6.07) is 7.67. The molecule has 0 spiro atoms. The molecule has 0 saturated carbocycles. The molecular formula is C14H12Cl2N4. The summed E-state index contributed by atoms with van der Waals surface area (Å²) in [5, 5.41) is 13.9. The number of benzene rings is 1. The molecule has 0 amide bonds. The van der Waals surface area contributed by atoms with Crippen molar-refractivity contribution < 1.29 is 0 Å². The van der Waals surface area contributed by atoms with Gasteiger partial charge in [0.2, 0.25) is 0 Å². The van der Waals surface area contributed by atoms with E-state index in [2.05, 4.69) is 15.3 Å². The zero-order valence-electron chi connectivity index (χ0n) is 11.1. The molecule has 0 N–H and O–H groups in total. The maximum absolute atomic E-state index is 6.18. The highest BCUT2D eigenvalue weighted by atomic mass is 35.5. The van der Waals surface area contributed by atoms with Crippen molar-refractivity contribution in [2.24, 2.45) is 0 Å². The summed E-state index contributed by atoms with van der Waals surface area (Å²) in [4.78, 5) is 0. The lowest BCUT2D eigenvalue weighted by Gasteiger charge is -2.06. The van der Waals surface area contributed by atoms with Gasteiger partial charge in [0.25, 0.3) is 0 Å². The largest absolute Gasteiger partial charge is 0.195 e. The van der Waals surface area contributed by atoms with E-state index in [1.165, 1.54) is 0 Å². The van der Waals surface area contributed by atoms with Gasteiger partial charge in [-0.15, -0.1) is 10.2 Å². The second kappa shape index (κ2) is 5.04. The molecule has 3 rings (SSSR count). The summed E-state index contributed by atoms with van der Waals surface area (Å²) < 4.78 is 1.69. The summed E-state index contributed by atoms with van der Waals surface area (Å²) in [5.41, 5.74) is 3.63. The molecule has 0 radical (unpaired) electrons. The molecule has 1 aromatic carbocycles. The molecule has 102 valence electrons. The number of aromatic nitrogens is 4. The van der Waals surface area contributed by atoms with Crippen LogP contribution in [0.3, 0.4) is 0 Å². The molecule has 20 heavy (non-hydrogen) atoms. The van der Waals surface area contributed by atoms with E-state index in [4.69, 9.17) is 23.2 Å². The third-order valence-electron chi connectivity index (χ3n) is 3.41. The molecule has 0 aliphatic heterocycles. The van der Waals surface area contributed by atoms with Crippen LogP contribution in [-0.4, -0.2) is 19.8 Å². The fourth-order valence-electron chi connectivity index (χ4n) is 2.06. The number of aryl methyl sites for hydroxylation is 1. The fraction of sp³-hybridized carbons (Fsp3) is 0.214. The van der Waals surface area contributed by atoms with Gasteiger partial charge in [-0.1, -0.05) is 41.4 Å². The number of hydrogen-bond donors (Lipinski definition) is 0. The minimum Gasteiger partial charge on any atom is -0.195 e. The second-order valence-electron chi connectivity index (χ2n) is 4.66.